The van der Waals surface area contributed by atoms with Gasteiger partial charge in [0.1, 0.15) is 11.4 Å². The van der Waals surface area contributed by atoms with E-state index in [4.69, 9.17) is 4.74 Å². The molecule has 0 N–H and O–H groups in total. The fourth-order valence-corrected chi connectivity index (χ4v) is 3.12. The van der Waals surface area contributed by atoms with Gasteiger partial charge in [-0.05, 0) is 34.7 Å². The van der Waals surface area contributed by atoms with Crippen LogP contribution in [0.4, 0.5) is 0 Å². The minimum atomic E-state index is -0.169. The zero-order valence-corrected chi connectivity index (χ0v) is 12.2. The van der Waals surface area contributed by atoms with Crippen molar-refractivity contribution in [1.82, 2.24) is 9.88 Å². The molecule has 1 aromatic heterocycles. The lowest BCUT2D eigenvalue weighted by molar-refractivity contribution is 0.0500. The molecule has 0 amide bonds. The maximum atomic E-state index is 12.5. The third-order valence-corrected chi connectivity index (χ3v) is 4.22. The molecule has 5 nitrogen and oxygen atoms in total. The summed E-state index contributed by atoms with van der Waals surface area (Å²) < 4.78 is 5.74. The van der Waals surface area contributed by atoms with Crippen molar-refractivity contribution in [3.8, 4) is 0 Å². The molecule has 1 aliphatic carbocycles. The van der Waals surface area contributed by atoms with Crippen LogP contribution in [0, 0.1) is 0 Å². The summed E-state index contributed by atoms with van der Waals surface area (Å²) in [6.07, 6.45) is 1.54. The zero-order valence-electron chi connectivity index (χ0n) is 10.1. The van der Waals surface area contributed by atoms with E-state index in [2.05, 4.69) is 4.98 Å². The molecule has 2 heterocycles. The van der Waals surface area contributed by atoms with Crippen molar-refractivity contribution in [1.29, 1.82) is 0 Å². The summed E-state index contributed by atoms with van der Waals surface area (Å²) >= 11 is 1.95. The first-order valence-corrected chi connectivity index (χ1v) is 7.05. The summed E-state index contributed by atoms with van der Waals surface area (Å²) in [4.78, 5) is 30.8. The molecule has 6 heteroatoms. The van der Waals surface area contributed by atoms with Gasteiger partial charge < -0.3 is 9.64 Å². The van der Waals surface area contributed by atoms with Gasteiger partial charge in [0.25, 0.3) is 0 Å². The summed E-state index contributed by atoms with van der Waals surface area (Å²) in [5, 5.41) is 0. The molecule has 1 fully saturated rings. The number of allylic oxidation sites excluding steroid dienone is 2. The van der Waals surface area contributed by atoms with Crippen LogP contribution in [0.15, 0.2) is 27.6 Å². The van der Waals surface area contributed by atoms with E-state index >= 15 is 0 Å². The third-order valence-electron chi connectivity index (χ3n) is 3.22. The van der Waals surface area contributed by atoms with E-state index in [0.717, 1.165) is 0 Å². The molecule has 0 saturated carbocycles. The number of Topliss-reactive ketones (excluding diaryl/α,β-unsaturated/α-hetero) is 2. The second-order valence-electron chi connectivity index (χ2n) is 4.32. The van der Waals surface area contributed by atoms with Gasteiger partial charge in [0, 0.05) is 19.3 Å². The van der Waals surface area contributed by atoms with Crippen LogP contribution >= 0.6 is 22.6 Å². The van der Waals surface area contributed by atoms with Gasteiger partial charge in [0.05, 0.1) is 22.4 Å². The molecule has 0 unspecified atom stereocenters. The van der Waals surface area contributed by atoms with Crippen molar-refractivity contribution in [3.63, 3.8) is 0 Å². The molecule has 1 aromatic rings. The van der Waals surface area contributed by atoms with E-state index in [1.165, 1.54) is 6.20 Å². The number of morpholine rings is 1. The van der Waals surface area contributed by atoms with Gasteiger partial charge in [-0.2, -0.15) is 0 Å². The zero-order chi connectivity index (χ0) is 13.4. The number of carbonyl (C=O) groups excluding carboxylic acids is 2. The maximum absolute atomic E-state index is 12.5. The quantitative estimate of drug-likeness (QED) is 0.701. The second-order valence-corrected chi connectivity index (χ2v) is 5.40. The lowest BCUT2D eigenvalue weighted by Crippen LogP contribution is -2.40. The normalized spacial score (nSPS) is 19.7. The minimum absolute atomic E-state index is 0.117. The van der Waals surface area contributed by atoms with E-state index in [1.54, 1.807) is 12.1 Å². The van der Waals surface area contributed by atoms with Crippen LogP contribution in [-0.2, 0) is 4.74 Å². The van der Waals surface area contributed by atoms with Gasteiger partial charge in [0.15, 0.2) is 0 Å². The minimum Gasteiger partial charge on any atom is -0.378 e. The smallest absolute Gasteiger partial charge is 0.220 e. The van der Waals surface area contributed by atoms with E-state index in [1.807, 2.05) is 27.5 Å². The first-order chi connectivity index (χ1) is 9.20. The van der Waals surface area contributed by atoms with Crippen LogP contribution in [0.25, 0.3) is 0 Å². The Labute approximate surface area is 123 Å². The number of nitrogens with zero attached hydrogens (tertiary/aromatic N) is 2. The number of halogens is 1. The highest BCUT2D eigenvalue weighted by Crippen LogP contribution is 2.31. The van der Waals surface area contributed by atoms with Crippen LogP contribution in [0.5, 0.6) is 0 Å². The molecule has 0 bridgehead atoms. The lowest BCUT2D eigenvalue weighted by Gasteiger charge is -2.32. The largest absolute Gasteiger partial charge is 0.378 e. The van der Waals surface area contributed by atoms with E-state index in [0.29, 0.717) is 41.1 Å². The average Bonchev–Trinajstić information content (AvgIpc) is 2.46. The maximum Gasteiger partial charge on any atom is 0.220 e. The predicted octanol–water partition coefficient (Wildman–Crippen LogP) is 1.44. The van der Waals surface area contributed by atoms with E-state index < -0.39 is 0 Å². The van der Waals surface area contributed by atoms with Crippen LogP contribution in [-0.4, -0.2) is 47.8 Å². The van der Waals surface area contributed by atoms with Crippen molar-refractivity contribution < 1.29 is 14.3 Å². The molecule has 0 spiro atoms. The highest BCUT2D eigenvalue weighted by atomic mass is 127. The van der Waals surface area contributed by atoms with Crippen molar-refractivity contribution in [3.05, 3.63) is 38.9 Å². The number of rotatable bonds is 1. The monoisotopic (exact) mass is 370 g/mol. The number of ketones is 2. The Balaban J connectivity index is 2.07. The van der Waals surface area contributed by atoms with Crippen molar-refractivity contribution in [2.24, 2.45) is 0 Å². The van der Waals surface area contributed by atoms with Gasteiger partial charge in [-0.25, -0.2) is 0 Å². The van der Waals surface area contributed by atoms with Crippen LogP contribution in [0.3, 0.4) is 0 Å². The molecular weight excluding hydrogens is 359 g/mol. The molecular formula is C13H11IN2O3. The number of fused-ring (bicyclic) bond motifs is 1. The number of hydrogen-bond donors (Lipinski definition) is 0. The molecule has 19 heavy (non-hydrogen) atoms. The highest BCUT2D eigenvalue weighted by Gasteiger charge is 2.35. The van der Waals surface area contributed by atoms with Gasteiger partial charge in [-0.1, -0.05) is 0 Å². The topological polar surface area (TPSA) is 59.5 Å². The van der Waals surface area contributed by atoms with E-state index in [-0.39, 0.29) is 17.3 Å². The Bertz CT molecular complexity index is 591. The first-order valence-electron chi connectivity index (χ1n) is 5.97. The van der Waals surface area contributed by atoms with Crippen molar-refractivity contribution >= 4 is 34.2 Å². The molecule has 0 radical (unpaired) electrons. The third kappa shape index (κ3) is 2.08. The number of ether oxygens (including phenoxy) is 1. The highest BCUT2D eigenvalue weighted by molar-refractivity contribution is 14.1. The Hall–Kier alpha value is -1.28. The molecule has 0 aromatic carbocycles. The van der Waals surface area contributed by atoms with Crippen LogP contribution in [0.1, 0.15) is 20.8 Å². The number of hydrogen-bond acceptors (Lipinski definition) is 5. The fraction of sp³-hybridized carbons (Fsp3) is 0.308. The standard InChI is InChI=1S/C13H11IN2O3/c14-9-11(16-4-6-19-7-5-16)12(17)8-2-1-3-15-10(8)13(9)18/h1-3H,4-7H2. The fourth-order valence-electron chi connectivity index (χ4n) is 2.28. The Morgan fingerprint density at radius 3 is 2.68 bits per heavy atom. The number of carbonyl (C=O) groups is 2. The summed E-state index contributed by atoms with van der Waals surface area (Å²) in [5.41, 5.74) is 1.15. The Morgan fingerprint density at radius 2 is 1.95 bits per heavy atom. The number of pyridine rings is 1. The lowest BCUT2D eigenvalue weighted by atomic mass is 9.96. The summed E-state index contributed by atoms with van der Waals surface area (Å²) in [6.45, 7) is 2.43. The van der Waals surface area contributed by atoms with Crippen LogP contribution in [0.2, 0.25) is 0 Å². The SMILES string of the molecule is O=C1C(N2CCOCC2)=C(I)C(=O)c2ncccc21. The van der Waals surface area contributed by atoms with Crippen LogP contribution < -0.4 is 0 Å². The van der Waals surface area contributed by atoms with E-state index in [9.17, 15) is 9.59 Å². The van der Waals surface area contributed by atoms with Gasteiger partial charge in [-0.3, -0.25) is 14.6 Å². The second kappa shape index (κ2) is 5.01. The molecule has 0 atom stereocenters. The number of aromatic nitrogens is 1. The van der Waals surface area contributed by atoms with Gasteiger partial charge in [0.2, 0.25) is 11.6 Å². The van der Waals surface area contributed by atoms with Crippen molar-refractivity contribution in [2.75, 3.05) is 26.3 Å². The molecule has 1 saturated heterocycles. The van der Waals surface area contributed by atoms with Gasteiger partial charge in [-0.15, -0.1) is 0 Å². The first kappa shape index (κ1) is 12.7. The molecule has 98 valence electrons. The van der Waals surface area contributed by atoms with Crippen molar-refractivity contribution in [2.45, 2.75) is 0 Å². The molecule has 1 aliphatic heterocycles. The summed E-state index contributed by atoms with van der Waals surface area (Å²) in [7, 11) is 0. The molecule has 2 aliphatic rings. The van der Waals surface area contributed by atoms with Gasteiger partial charge >= 0.3 is 0 Å². The molecule has 3 rings (SSSR count). The Kier molecular flexibility index (Phi) is 3.36. The predicted molar refractivity (Wildman–Crippen MR) is 76.3 cm³/mol. The average molecular weight is 370 g/mol. The summed E-state index contributed by atoms with van der Waals surface area (Å²) in [6, 6.07) is 3.34. The Morgan fingerprint density at radius 1 is 1.21 bits per heavy atom. The summed E-state index contributed by atoms with van der Waals surface area (Å²) in [5.74, 6) is -0.286.